The number of hydrogen-bond acceptors (Lipinski definition) is 3. The van der Waals surface area contributed by atoms with E-state index in [-0.39, 0.29) is 5.91 Å². The average Bonchev–Trinajstić information content (AvgIpc) is 3.51. The van der Waals surface area contributed by atoms with Gasteiger partial charge in [-0.25, -0.2) is 0 Å². The molecule has 4 nitrogen and oxygen atoms in total. The maximum atomic E-state index is 13.4. The van der Waals surface area contributed by atoms with Gasteiger partial charge < -0.3 is 14.5 Å². The van der Waals surface area contributed by atoms with Gasteiger partial charge in [-0.05, 0) is 55.0 Å². The number of methoxy groups -OCH3 is 1. The van der Waals surface area contributed by atoms with E-state index in [4.69, 9.17) is 4.74 Å². The third-order valence-corrected chi connectivity index (χ3v) is 7.03. The van der Waals surface area contributed by atoms with Crippen molar-refractivity contribution < 1.29 is 9.53 Å². The molecule has 0 bridgehead atoms. The lowest BCUT2D eigenvalue weighted by Crippen LogP contribution is -2.48. The Bertz CT molecular complexity index is 864. The molecule has 2 aromatic carbocycles. The number of benzene rings is 2. The zero-order chi connectivity index (χ0) is 19.8. The highest BCUT2D eigenvalue weighted by Crippen LogP contribution is 2.43. The van der Waals surface area contributed by atoms with Crippen LogP contribution in [0.15, 0.2) is 54.6 Å². The molecule has 0 N–H and O–H groups in total. The molecule has 0 radical (unpaired) electrons. The molecule has 0 unspecified atom stereocenters. The van der Waals surface area contributed by atoms with Crippen molar-refractivity contribution in [3.8, 4) is 5.75 Å². The van der Waals surface area contributed by atoms with Crippen molar-refractivity contribution in [2.45, 2.75) is 31.2 Å². The van der Waals surface area contributed by atoms with Gasteiger partial charge >= 0.3 is 0 Å². The first kappa shape index (κ1) is 18.7. The number of hydrogen-bond donors (Lipinski definition) is 0. The quantitative estimate of drug-likeness (QED) is 0.773. The largest absolute Gasteiger partial charge is 0.497 e. The second kappa shape index (κ2) is 7.83. The van der Waals surface area contributed by atoms with E-state index in [0.29, 0.717) is 17.9 Å². The first-order chi connectivity index (χ1) is 14.2. The fourth-order valence-corrected chi connectivity index (χ4v) is 5.34. The normalized spacial score (nSPS) is 26.9. The first-order valence-electron chi connectivity index (χ1n) is 11.0. The number of piperidine rings is 1. The van der Waals surface area contributed by atoms with Gasteiger partial charge in [-0.15, -0.1) is 0 Å². The molecule has 2 aromatic rings. The molecule has 3 fully saturated rings. The van der Waals surface area contributed by atoms with Crippen molar-refractivity contribution in [2.24, 2.45) is 11.8 Å². The van der Waals surface area contributed by atoms with E-state index in [0.717, 1.165) is 43.3 Å². The summed E-state index contributed by atoms with van der Waals surface area (Å²) in [6.07, 6.45) is 3.86. The molecule has 2 saturated heterocycles. The Kier molecular flexibility index (Phi) is 5.04. The molecule has 2 aliphatic heterocycles. The molecule has 0 aromatic heterocycles. The molecule has 1 saturated carbocycles. The molecule has 2 heterocycles. The molecule has 29 heavy (non-hydrogen) atoms. The summed E-state index contributed by atoms with van der Waals surface area (Å²) in [5, 5.41) is 0. The smallest absolute Gasteiger partial charge is 0.254 e. The zero-order valence-electron chi connectivity index (χ0n) is 17.2. The van der Waals surface area contributed by atoms with Crippen LogP contribution >= 0.6 is 0 Å². The summed E-state index contributed by atoms with van der Waals surface area (Å²) in [6, 6.07) is 18.6. The predicted octanol–water partition coefficient (Wildman–Crippen LogP) is 4.04. The van der Waals surface area contributed by atoms with E-state index in [1.54, 1.807) is 7.11 Å². The monoisotopic (exact) mass is 390 g/mol. The Balaban J connectivity index is 1.43. The van der Waals surface area contributed by atoms with Crippen LogP contribution in [0.4, 0.5) is 0 Å². The molecule has 0 spiro atoms. The number of carbonyl (C=O) groups is 1. The molecule has 4 heteroatoms. The van der Waals surface area contributed by atoms with Gasteiger partial charge in [0, 0.05) is 49.6 Å². The third-order valence-electron chi connectivity index (χ3n) is 7.03. The molecule has 152 valence electrons. The van der Waals surface area contributed by atoms with E-state index in [1.807, 2.05) is 36.4 Å². The van der Waals surface area contributed by atoms with E-state index in [1.165, 1.54) is 24.9 Å². The van der Waals surface area contributed by atoms with Gasteiger partial charge in [0.05, 0.1) is 7.11 Å². The lowest BCUT2D eigenvalue weighted by Gasteiger charge is -2.39. The standard InChI is InChI=1S/C25H30N2O2/c1-29-21-9-5-8-20(14-21)22-17-27(25(28)19-6-3-2-4-7-19)24-12-13-26(16-23(22)24)15-18-10-11-18/h2-9,14,18,22-24H,10-13,15-17H2,1H3/t22-,23-,24-/m1/s1. The summed E-state index contributed by atoms with van der Waals surface area (Å²) < 4.78 is 5.49. The number of nitrogens with zero attached hydrogens (tertiary/aromatic N) is 2. The molecule has 3 aliphatic rings. The molecule has 3 atom stereocenters. The van der Waals surface area contributed by atoms with Gasteiger partial charge in [-0.3, -0.25) is 4.79 Å². The maximum Gasteiger partial charge on any atom is 0.254 e. The van der Waals surface area contributed by atoms with Gasteiger partial charge in [0.2, 0.25) is 0 Å². The van der Waals surface area contributed by atoms with E-state index in [9.17, 15) is 4.79 Å². The zero-order valence-corrected chi connectivity index (χ0v) is 17.2. The van der Waals surface area contributed by atoms with Crippen LogP contribution in [-0.4, -0.2) is 55.0 Å². The Morgan fingerprint density at radius 1 is 1.03 bits per heavy atom. The SMILES string of the molecule is COc1cccc([C@H]2CN(C(=O)c3ccccc3)[C@@H]3CCN(CC4CC4)C[C@H]23)c1. The van der Waals surface area contributed by atoms with Gasteiger partial charge in [-0.1, -0.05) is 30.3 Å². The van der Waals surface area contributed by atoms with Crippen molar-refractivity contribution in [3.05, 3.63) is 65.7 Å². The van der Waals surface area contributed by atoms with Crippen molar-refractivity contribution in [2.75, 3.05) is 33.3 Å². The number of likely N-dealkylation sites (tertiary alicyclic amines) is 2. The lowest BCUT2D eigenvalue weighted by molar-refractivity contribution is 0.0617. The summed E-state index contributed by atoms with van der Waals surface area (Å²) in [6.45, 7) is 4.25. The van der Waals surface area contributed by atoms with Crippen LogP contribution in [0.1, 0.15) is 41.1 Å². The van der Waals surface area contributed by atoms with Crippen LogP contribution in [0.2, 0.25) is 0 Å². The minimum Gasteiger partial charge on any atom is -0.497 e. The highest BCUT2D eigenvalue weighted by Gasteiger charge is 2.47. The van der Waals surface area contributed by atoms with Gasteiger partial charge in [0.1, 0.15) is 5.75 Å². The van der Waals surface area contributed by atoms with E-state index >= 15 is 0 Å². The lowest BCUT2D eigenvalue weighted by atomic mass is 9.81. The summed E-state index contributed by atoms with van der Waals surface area (Å²) in [4.78, 5) is 18.2. The Hall–Kier alpha value is -2.33. The second-order valence-corrected chi connectivity index (χ2v) is 8.93. The summed E-state index contributed by atoms with van der Waals surface area (Å²) in [5.41, 5.74) is 2.11. The van der Waals surface area contributed by atoms with Crippen molar-refractivity contribution in [3.63, 3.8) is 0 Å². The molecule has 5 rings (SSSR count). The minimum atomic E-state index is 0.182. The van der Waals surface area contributed by atoms with E-state index < -0.39 is 0 Å². The molecule has 1 amide bonds. The number of ether oxygens (including phenoxy) is 1. The summed E-state index contributed by atoms with van der Waals surface area (Å²) in [7, 11) is 1.72. The van der Waals surface area contributed by atoms with Crippen molar-refractivity contribution in [1.29, 1.82) is 0 Å². The van der Waals surface area contributed by atoms with Crippen LogP contribution in [0.5, 0.6) is 5.75 Å². The van der Waals surface area contributed by atoms with Crippen LogP contribution < -0.4 is 4.74 Å². The Morgan fingerprint density at radius 2 is 1.86 bits per heavy atom. The van der Waals surface area contributed by atoms with Gasteiger partial charge in [0.25, 0.3) is 5.91 Å². The number of fused-ring (bicyclic) bond motifs is 1. The third kappa shape index (κ3) is 3.78. The van der Waals surface area contributed by atoms with Crippen molar-refractivity contribution in [1.82, 2.24) is 9.80 Å². The van der Waals surface area contributed by atoms with Crippen LogP contribution in [0.3, 0.4) is 0 Å². The van der Waals surface area contributed by atoms with Gasteiger partial charge in [0.15, 0.2) is 0 Å². The minimum absolute atomic E-state index is 0.182. The highest BCUT2D eigenvalue weighted by molar-refractivity contribution is 5.94. The average molecular weight is 391 g/mol. The number of amides is 1. The Morgan fingerprint density at radius 3 is 2.62 bits per heavy atom. The topological polar surface area (TPSA) is 32.8 Å². The van der Waals surface area contributed by atoms with Crippen molar-refractivity contribution >= 4 is 5.91 Å². The fraction of sp³-hybridized carbons (Fsp3) is 0.480. The van der Waals surface area contributed by atoms with Gasteiger partial charge in [-0.2, -0.15) is 0 Å². The molecular formula is C25H30N2O2. The number of carbonyl (C=O) groups excluding carboxylic acids is 1. The van der Waals surface area contributed by atoms with E-state index in [2.05, 4.69) is 28.0 Å². The van der Waals surface area contributed by atoms with Crippen LogP contribution in [-0.2, 0) is 0 Å². The fourth-order valence-electron chi connectivity index (χ4n) is 5.34. The van der Waals surface area contributed by atoms with Crippen LogP contribution in [0.25, 0.3) is 0 Å². The summed E-state index contributed by atoms with van der Waals surface area (Å²) in [5.74, 6) is 2.84. The number of rotatable bonds is 5. The summed E-state index contributed by atoms with van der Waals surface area (Å²) >= 11 is 0. The molecular weight excluding hydrogens is 360 g/mol. The Labute approximate surface area is 173 Å². The molecule has 1 aliphatic carbocycles. The maximum absolute atomic E-state index is 13.4. The second-order valence-electron chi connectivity index (χ2n) is 8.93. The predicted molar refractivity (Wildman–Crippen MR) is 114 cm³/mol. The highest BCUT2D eigenvalue weighted by atomic mass is 16.5. The van der Waals surface area contributed by atoms with Crippen LogP contribution in [0, 0.1) is 11.8 Å². The first-order valence-corrected chi connectivity index (χ1v) is 11.0.